The summed E-state index contributed by atoms with van der Waals surface area (Å²) in [7, 11) is 0. The van der Waals surface area contributed by atoms with Gasteiger partial charge in [0.1, 0.15) is 5.82 Å². The molecule has 0 saturated heterocycles. The van der Waals surface area contributed by atoms with Gasteiger partial charge in [-0.05, 0) is 30.0 Å². The third-order valence-electron chi connectivity index (χ3n) is 3.37. The van der Waals surface area contributed by atoms with Crippen LogP contribution >= 0.6 is 11.8 Å². The van der Waals surface area contributed by atoms with Crippen molar-refractivity contribution in [2.45, 2.75) is 13.0 Å². The van der Waals surface area contributed by atoms with Crippen molar-refractivity contribution < 1.29 is 14.0 Å². The van der Waals surface area contributed by atoms with Crippen LogP contribution < -0.4 is 10.6 Å². The normalized spacial score (nSPS) is 11.6. The third kappa shape index (κ3) is 4.83. The summed E-state index contributed by atoms with van der Waals surface area (Å²) in [6, 6.07) is 13.2. The first-order valence-corrected chi connectivity index (χ1v) is 8.82. The Bertz CT molecular complexity index is 722. The summed E-state index contributed by atoms with van der Waals surface area (Å²) in [5.41, 5.74) is 1.25. The van der Waals surface area contributed by atoms with Crippen molar-refractivity contribution >= 4 is 29.3 Å². The molecule has 1 atom stereocenters. The van der Waals surface area contributed by atoms with E-state index in [0.717, 1.165) is 5.56 Å². The Morgan fingerprint density at radius 2 is 1.88 bits per heavy atom. The Morgan fingerprint density at radius 3 is 2.50 bits per heavy atom. The molecule has 2 aromatic rings. The zero-order valence-electron chi connectivity index (χ0n) is 13.5. The highest BCUT2D eigenvalue weighted by atomic mass is 32.2. The number of thioether (sulfide) groups is 1. The highest BCUT2D eigenvalue weighted by Gasteiger charge is 2.18. The lowest BCUT2D eigenvalue weighted by Gasteiger charge is -2.19. The second-order valence-corrected chi connectivity index (χ2v) is 6.18. The minimum absolute atomic E-state index is 0.0942. The summed E-state index contributed by atoms with van der Waals surface area (Å²) in [5.74, 6) is -0.749. The molecule has 2 aromatic carbocycles. The summed E-state index contributed by atoms with van der Waals surface area (Å²) < 4.78 is 14.0. The predicted molar refractivity (Wildman–Crippen MR) is 95.7 cm³/mol. The van der Waals surface area contributed by atoms with Crippen molar-refractivity contribution in [2.75, 3.05) is 17.3 Å². The first kappa shape index (κ1) is 18.0. The fourth-order valence-electron chi connectivity index (χ4n) is 2.29. The Hall–Kier alpha value is -2.34. The lowest BCUT2D eigenvalue weighted by Crippen LogP contribution is -2.30. The molecule has 24 heavy (non-hydrogen) atoms. The number of benzene rings is 2. The van der Waals surface area contributed by atoms with Crippen molar-refractivity contribution in [3.63, 3.8) is 0 Å². The van der Waals surface area contributed by atoms with E-state index in [1.165, 1.54) is 25.1 Å². The van der Waals surface area contributed by atoms with Crippen LogP contribution in [0.4, 0.5) is 10.1 Å². The molecule has 2 amide bonds. The summed E-state index contributed by atoms with van der Waals surface area (Å²) in [6.07, 6.45) is 1.94. The first-order chi connectivity index (χ1) is 11.5. The van der Waals surface area contributed by atoms with E-state index in [2.05, 4.69) is 10.6 Å². The second-order valence-electron chi connectivity index (χ2n) is 5.27. The largest absolute Gasteiger partial charge is 0.344 e. The molecule has 0 aliphatic carbocycles. The van der Waals surface area contributed by atoms with Gasteiger partial charge in [0.25, 0.3) is 5.91 Å². The highest BCUT2D eigenvalue weighted by molar-refractivity contribution is 7.98. The molecule has 0 aromatic heterocycles. The van der Waals surface area contributed by atoms with Crippen LogP contribution in [0.3, 0.4) is 0 Å². The van der Waals surface area contributed by atoms with Gasteiger partial charge in [0.2, 0.25) is 5.91 Å². The summed E-state index contributed by atoms with van der Waals surface area (Å²) in [6.45, 7) is 1.35. The Labute approximate surface area is 144 Å². The molecule has 0 aliphatic rings. The summed E-state index contributed by atoms with van der Waals surface area (Å²) in [4.78, 5) is 23.6. The maximum atomic E-state index is 14.0. The van der Waals surface area contributed by atoms with Gasteiger partial charge in [-0.1, -0.05) is 30.3 Å². The van der Waals surface area contributed by atoms with Gasteiger partial charge in [0, 0.05) is 18.4 Å². The lowest BCUT2D eigenvalue weighted by molar-refractivity contribution is -0.114. The van der Waals surface area contributed by atoms with E-state index in [1.807, 2.05) is 36.6 Å². The fourth-order valence-corrected chi connectivity index (χ4v) is 2.90. The third-order valence-corrected chi connectivity index (χ3v) is 4.04. The molecule has 0 spiro atoms. The average molecular weight is 346 g/mol. The Balaban J connectivity index is 2.22. The maximum Gasteiger partial charge on any atom is 0.254 e. The minimum atomic E-state index is -0.627. The smallest absolute Gasteiger partial charge is 0.254 e. The monoisotopic (exact) mass is 346 g/mol. The van der Waals surface area contributed by atoms with Crippen LogP contribution in [0.1, 0.15) is 28.9 Å². The van der Waals surface area contributed by atoms with Crippen molar-refractivity contribution in [3.8, 4) is 0 Å². The highest BCUT2D eigenvalue weighted by Crippen LogP contribution is 2.20. The zero-order valence-corrected chi connectivity index (χ0v) is 14.3. The fraction of sp³-hybridized carbons (Fsp3) is 0.222. The van der Waals surface area contributed by atoms with E-state index in [4.69, 9.17) is 0 Å². The lowest BCUT2D eigenvalue weighted by atomic mass is 10.1. The number of hydrogen-bond acceptors (Lipinski definition) is 3. The molecular formula is C18H19FN2O2S. The van der Waals surface area contributed by atoms with Gasteiger partial charge in [-0.25, -0.2) is 4.39 Å². The maximum absolute atomic E-state index is 14.0. The molecule has 0 fully saturated rings. The van der Waals surface area contributed by atoms with Crippen LogP contribution in [0.2, 0.25) is 0 Å². The molecule has 2 N–H and O–H groups in total. The summed E-state index contributed by atoms with van der Waals surface area (Å²) in [5, 5.41) is 5.41. The summed E-state index contributed by atoms with van der Waals surface area (Å²) >= 11 is 1.59. The number of anilines is 1. The molecule has 0 radical (unpaired) electrons. The van der Waals surface area contributed by atoms with Crippen LogP contribution in [0.15, 0.2) is 48.5 Å². The predicted octanol–water partition coefficient (Wildman–Crippen LogP) is 3.62. The van der Waals surface area contributed by atoms with Crippen molar-refractivity contribution in [1.29, 1.82) is 0 Å². The topological polar surface area (TPSA) is 58.2 Å². The van der Waals surface area contributed by atoms with E-state index in [1.54, 1.807) is 11.8 Å². The van der Waals surface area contributed by atoms with Crippen molar-refractivity contribution in [3.05, 3.63) is 65.5 Å². The van der Waals surface area contributed by atoms with Gasteiger partial charge in [-0.15, -0.1) is 0 Å². The molecule has 2 rings (SSSR count). The number of carbonyl (C=O) groups is 2. The SMILES string of the molecule is CSC[C@@H](NC(=O)c1cc(NC(C)=O)ccc1F)c1ccccc1. The number of carbonyl (C=O) groups excluding carboxylic acids is 2. The van der Waals surface area contributed by atoms with E-state index < -0.39 is 11.7 Å². The number of hydrogen-bond donors (Lipinski definition) is 2. The molecule has 4 nitrogen and oxygen atoms in total. The van der Waals surface area contributed by atoms with Gasteiger partial charge < -0.3 is 10.6 Å². The molecule has 126 valence electrons. The number of amides is 2. The van der Waals surface area contributed by atoms with E-state index >= 15 is 0 Å². The number of nitrogens with one attached hydrogen (secondary N) is 2. The number of halogens is 1. The quantitative estimate of drug-likeness (QED) is 0.840. The first-order valence-electron chi connectivity index (χ1n) is 7.43. The standard InChI is InChI=1S/C18H19FN2O2S/c1-12(22)20-14-8-9-16(19)15(10-14)18(23)21-17(11-24-2)13-6-4-3-5-7-13/h3-10,17H,11H2,1-2H3,(H,20,22)(H,21,23)/t17-/m1/s1. The average Bonchev–Trinajstić information content (AvgIpc) is 2.56. The van der Waals surface area contributed by atoms with E-state index in [-0.39, 0.29) is 17.5 Å². The van der Waals surface area contributed by atoms with Gasteiger partial charge >= 0.3 is 0 Å². The second kappa shape index (κ2) is 8.49. The van der Waals surface area contributed by atoms with Crippen molar-refractivity contribution in [2.24, 2.45) is 0 Å². The molecule has 0 bridgehead atoms. The number of rotatable bonds is 6. The van der Waals surface area contributed by atoms with Crippen LogP contribution in [0.5, 0.6) is 0 Å². The molecule has 0 unspecified atom stereocenters. The van der Waals surface area contributed by atoms with Gasteiger partial charge in [-0.2, -0.15) is 11.8 Å². The van der Waals surface area contributed by atoms with Crippen molar-refractivity contribution in [1.82, 2.24) is 5.32 Å². The molecule has 0 saturated carbocycles. The molecule has 6 heteroatoms. The zero-order chi connectivity index (χ0) is 17.5. The van der Waals surface area contributed by atoms with E-state index in [9.17, 15) is 14.0 Å². The Kier molecular flexibility index (Phi) is 6.37. The Morgan fingerprint density at radius 1 is 1.17 bits per heavy atom. The van der Waals surface area contributed by atoms with Gasteiger partial charge in [0.15, 0.2) is 0 Å². The van der Waals surface area contributed by atoms with Crippen LogP contribution in [-0.4, -0.2) is 23.8 Å². The molecule has 0 heterocycles. The molecular weight excluding hydrogens is 327 g/mol. The molecule has 0 aliphatic heterocycles. The van der Waals surface area contributed by atoms with Crippen LogP contribution in [0.25, 0.3) is 0 Å². The van der Waals surface area contributed by atoms with Crippen LogP contribution in [-0.2, 0) is 4.79 Å². The van der Waals surface area contributed by atoms with Gasteiger partial charge in [-0.3, -0.25) is 9.59 Å². The van der Waals surface area contributed by atoms with E-state index in [0.29, 0.717) is 11.4 Å². The minimum Gasteiger partial charge on any atom is -0.344 e. The van der Waals surface area contributed by atoms with Crippen LogP contribution in [0, 0.1) is 5.82 Å². The van der Waals surface area contributed by atoms with Gasteiger partial charge in [0.05, 0.1) is 11.6 Å².